The second kappa shape index (κ2) is 8.40. The summed E-state index contributed by atoms with van der Waals surface area (Å²) in [6.45, 7) is 2.12. The number of aliphatic carboxylic acids is 2. The van der Waals surface area contributed by atoms with Crippen molar-refractivity contribution in [3.05, 3.63) is 78.1 Å². The highest BCUT2D eigenvalue weighted by molar-refractivity contribution is 6.27. The highest BCUT2D eigenvalue weighted by Crippen LogP contribution is 2.22. The van der Waals surface area contributed by atoms with Gasteiger partial charge in [-0.05, 0) is 35.6 Å². The fraction of sp³-hybridized carbons (Fsp3) is 0.0500. The summed E-state index contributed by atoms with van der Waals surface area (Å²) in [7, 11) is 0. The van der Waals surface area contributed by atoms with Crippen LogP contribution in [0.15, 0.2) is 66.9 Å². The summed E-state index contributed by atoms with van der Waals surface area (Å²) < 4.78 is 0. The number of benzene rings is 2. The number of nitrogens with zero attached hydrogens (tertiary/aromatic N) is 1. The summed E-state index contributed by atoms with van der Waals surface area (Å²) in [5.41, 5.74) is 3.49. The van der Waals surface area contributed by atoms with E-state index >= 15 is 0 Å². The third-order valence-corrected chi connectivity index (χ3v) is 3.47. The molecule has 0 unspecified atom stereocenters. The maximum atomic E-state index is 9.10. The summed E-state index contributed by atoms with van der Waals surface area (Å²) in [4.78, 5) is 22.7. The van der Waals surface area contributed by atoms with Gasteiger partial charge in [0.05, 0.1) is 5.69 Å². The van der Waals surface area contributed by atoms with Gasteiger partial charge < -0.3 is 10.2 Å². The second-order valence-electron chi connectivity index (χ2n) is 5.22. The number of carboxylic acid groups (broad SMARTS) is 2. The minimum absolute atomic E-state index is 1.03. The number of allylic oxidation sites excluding steroid dienone is 1. The van der Waals surface area contributed by atoms with Gasteiger partial charge in [-0.15, -0.1) is 0 Å². The van der Waals surface area contributed by atoms with E-state index in [1.807, 2.05) is 18.3 Å². The standard InChI is InChI=1S/C18H15N.C2H2O4/c1-14(15-7-3-2-4-8-15)13-18-17-10-6-5-9-16(17)11-12-19-18;3-1(4)2(5)6/h2-13H,1H3;(H,3,4)(H,5,6)/b14-13+;. The lowest BCUT2D eigenvalue weighted by molar-refractivity contribution is -0.159. The Kier molecular flexibility index (Phi) is 6.01. The van der Waals surface area contributed by atoms with Crippen molar-refractivity contribution < 1.29 is 19.8 Å². The van der Waals surface area contributed by atoms with Crippen molar-refractivity contribution in [1.82, 2.24) is 4.98 Å². The zero-order chi connectivity index (χ0) is 18.2. The fourth-order valence-electron chi connectivity index (χ4n) is 2.25. The van der Waals surface area contributed by atoms with Gasteiger partial charge in [0.2, 0.25) is 0 Å². The molecule has 0 bridgehead atoms. The molecule has 3 aromatic rings. The number of carbonyl (C=O) groups is 2. The van der Waals surface area contributed by atoms with Gasteiger partial charge in [0.15, 0.2) is 0 Å². The van der Waals surface area contributed by atoms with Crippen molar-refractivity contribution in [3.63, 3.8) is 0 Å². The van der Waals surface area contributed by atoms with Crippen molar-refractivity contribution in [2.45, 2.75) is 6.92 Å². The Morgan fingerprint density at radius 2 is 1.48 bits per heavy atom. The van der Waals surface area contributed by atoms with E-state index < -0.39 is 11.9 Å². The van der Waals surface area contributed by atoms with E-state index in [2.05, 4.69) is 66.5 Å². The van der Waals surface area contributed by atoms with Crippen molar-refractivity contribution in [2.24, 2.45) is 0 Å². The molecule has 1 aromatic heterocycles. The molecule has 0 fully saturated rings. The van der Waals surface area contributed by atoms with Crippen molar-refractivity contribution in [3.8, 4) is 0 Å². The average molecular weight is 335 g/mol. The van der Waals surface area contributed by atoms with Gasteiger partial charge in [-0.3, -0.25) is 4.98 Å². The quantitative estimate of drug-likeness (QED) is 0.692. The van der Waals surface area contributed by atoms with Crippen molar-refractivity contribution in [2.75, 3.05) is 0 Å². The number of rotatable bonds is 2. The van der Waals surface area contributed by atoms with Gasteiger partial charge in [-0.2, -0.15) is 0 Å². The average Bonchev–Trinajstić information content (AvgIpc) is 2.63. The van der Waals surface area contributed by atoms with Crippen LogP contribution >= 0.6 is 0 Å². The Labute approximate surface area is 144 Å². The molecule has 0 aliphatic heterocycles. The predicted octanol–water partition coefficient (Wildman–Crippen LogP) is 3.95. The number of fused-ring (bicyclic) bond motifs is 1. The maximum absolute atomic E-state index is 9.10. The highest BCUT2D eigenvalue weighted by atomic mass is 16.4. The Hall–Kier alpha value is -3.47. The Morgan fingerprint density at radius 3 is 2.12 bits per heavy atom. The van der Waals surface area contributed by atoms with Gasteiger partial charge in [0.1, 0.15) is 0 Å². The van der Waals surface area contributed by atoms with Gasteiger partial charge >= 0.3 is 11.9 Å². The zero-order valence-electron chi connectivity index (χ0n) is 13.6. The van der Waals surface area contributed by atoms with Crippen LogP contribution in [0, 0.1) is 0 Å². The van der Waals surface area contributed by atoms with E-state index in [1.165, 1.54) is 21.9 Å². The molecular formula is C20H17NO4. The molecule has 0 saturated heterocycles. The molecule has 0 aliphatic carbocycles. The SMILES string of the molecule is C/C(=C\c1nccc2ccccc12)c1ccccc1.O=C(O)C(=O)O. The molecule has 0 saturated carbocycles. The molecule has 5 nitrogen and oxygen atoms in total. The van der Waals surface area contributed by atoms with Gasteiger partial charge in [-0.1, -0.05) is 54.6 Å². The normalized spacial score (nSPS) is 10.7. The monoisotopic (exact) mass is 335 g/mol. The van der Waals surface area contributed by atoms with E-state index in [9.17, 15) is 0 Å². The van der Waals surface area contributed by atoms with Gasteiger partial charge in [-0.25, -0.2) is 9.59 Å². The number of pyridine rings is 1. The third-order valence-electron chi connectivity index (χ3n) is 3.47. The molecule has 0 radical (unpaired) electrons. The Bertz CT molecular complexity index is 900. The van der Waals surface area contributed by atoms with Crippen LogP contribution in [0.25, 0.3) is 22.4 Å². The van der Waals surface area contributed by atoms with E-state index in [0.29, 0.717) is 0 Å². The summed E-state index contributed by atoms with van der Waals surface area (Å²) >= 11 is 0. The van der Waals surface area contributed by atoms with Gasteiger partial charge in [0, 0.05) is 11.6 Å². The molecule has 2 aromatic carbocycles. The van der Waals surface area contributed by atoms with Crippen LogP contribution < -0.4 is 0 Å². The number of hydrogen-bond donors (Lipinski definition) is 2. The highest BCUT2D eigenvalue weighted by Gasteiger charge is 2.04. The molecule has 3 rings (SSSR count). The van der Waals surface area contributed by atoms with E-state index in [-0.39, 0.29) is 0 Å². The van der Waals surface area contributed by atoms with Crippen LogP contribution in [0.2, 0.25) is 0 Å². The molecule has 5 heteroatoms. The van der Waals surface area contributed by atoms with Crippen LogP contribution in [0.5, 0.6) is 0 Å². The van der Waals surface area contributed by atoms with Crippen LogP contribution in [0.1, 0.15) is 18.2 Å². The van der Waals surface area contributed by atoms with Crippen LogP contribution in [0.4, 0.5) is 0 Å². The first-order valence-electron chi connectivity index (χ1n) is 7.52. The minimum atomic E-state index is -1.82. The minimum Gasteiger partial charge on any atom is -0.473 e. The van der Waals surface area contributed by atoms with Crippen molar-refractivity contribution >= 4 is 34.4 Å². The molecule has 126 valence electrons. The lowest BCUT2D eigenvalue weighted by Crippen LogP contribution is -2.09. The summed E-state index contributed by atoms with van der Waals surface area (Å²) in [6.07, 6.45) is 4.02. The summed E-state index contributed by atoms with van der Waals surface area (Å²) in [5.74, 6) is -3.65. The molecule has 0 amide bonds. The largest absolute Gasteiger partial charge is 0.473 e. The van der Waals surface area contributed by atoms with Crippen LogP contribution in [-0.4, -0.2) is 27.1 Å². The number of hydrogen-bond acceptors (Lipinski definition) is 3. The zero-order valence-corrected chi connectivity index (χ0v) is 13.6. The van der Waals surface area contributed by atoms with E-state index in [0.717, 1.165) is 5.69 Å². The van der Waals surface area contributed by atoms with E-state index in [1.54, 1.807) is 0 Å². The maximum Gasteiger partial charge on any atom is 0.414 e. The summed E-state index contributed by atoms with van der Waals surface area (Å²) in [5, 5.41) is 17.2. The first kappa shape index (κ1) is 17.9. The molecule has 25 heavy (non-hydrogen) atoms. The molecular weight excluding hydrogens is 318 g/mol. The number of carboxylic acids is 2. The summed E-state index contributed by atoms with van der Waals surface area (Å²) in [6, 6.07) is 20.8. The third kappa shape index (κ3) is 5.00. The second-order valence-corrected chi connectivity index (χ2v) is 5.22. The molecule has 1 heterocycles. The van der Waals surface area contributed by atoms with Gasteiger partial charge in [0.25, 0.3) is 0 Å². The van der Waals surface area contributed by atoms with Crippen molar-refractivity contribution in [1.29, 1.82) is 0 Å². The lowest BCUT2D eigenvalue weighted by atomic mass is 10.0. The lowest BCUT2D eigenvalue weighted by Gasteiger charge is -2.04. The molecule has 0 atom stereocenters. The first-order chi connectivity index (χ1) is 12.0. The Morgan fingerprint density at radius 1 is 0.880 bits per heavy atom. The van der Waals surface area contributed by atoms with Crippen LogP contribution in [0.3, 0.4) is 0 Å². The molecule has 0 spiro atoms. The van der Waals surface area contributed by atoms with Crippen LogP contribution in [-0.2, 0) is 9.59 Å². The topological polar surface area (TPSA) is 87.5 Å². The first-order valence-corrected chi connectivity index (χ1v) is 7.52. The fourth-order valence-corrected chi connectivity index (χ4v) is 2.25. The smallest absolute Gasteiger partial charge is 0.414 e. The molecule has 2 N–H and O–H groups in total. The molecule has 0 aliphatic rings. The Balaban J connectivity index is 0.000000326. The van der Waals surface area contributed by atoms with E-state index in [4.69, 9.17) is 19.8 Å². The predicted molar refractivity (Wildman–Crippen MR) is 97.0 cm³/mol. The number of aromatic nitrogens is 1.